The number of nitrogens with two attached hydrogens (primary N) is 1. The number of aromatic hydroxyl groups is 1. The van der Waals surface area contributed by atoms with Crippen LogP contribution in [0.25, 0.3) is 10.6 Å². The summed E-state index contributed by atoms with van der Waals surface area (Å²) in [6, 6.07) is 4.04. The molecular formula is C13H13FN2OS. The number of thiazole rings is 1. The van der Waals surface area contributed by atoms with Crippen molar-refractivity contribution in [2.24, 2.45) is 5.73 Å². The Bertz CT molecular complexity index is 576. The summed E-state index contributed by atoms with van der Waals surface area (Å²) in [5, 5.41) is 10.2. The first-order valence-electron chi connectivity index (χ1n) is 5.88. The Morgan fingerprint density at radius 1 is 1.39 bits per heavy atom. The third-order valence-electron chi connectivity index (χ3n) is 3.12. The number of phenols is 1. The maximum atomic E-state index is 13.3. The number of fused-ring (bicyclic) bond motifs is 1. The number of rotatable bonds is 1. The Kier molecular flexibility index (Phi) is 2.80. The molecule has 0 spiro atoms. The monoisotopic (exact) mass is 264 g/mol. The molecule has 0 fully saturated rings. The van der Waals surface area contributed by atoms with Crippen LogP contribution in [-0.2, 0) is 6.42 Å². The highest BCUT2D eigenvalue weighted by molar-refractivity contribution is 7.15. The molecule has 0 bridgehead atoms. The predicted molar refractivity (Wildman–Crippen MR) is 69.0 cm³/mol. The van der Waals surface area contributed by atoms with Gasteiger partial charge in [0.05, 0.1) is 5.69 Å². The molecule has 2 aromatic rings. The third kappa shape index (κ3) is 2.00. The van der Waals surface area contributed by atoms with Crippen LogP contribution in [0.4, 0.5) is 4.39 Å². The number of halogens is 1. The summed E-state index contributed by atoms with van der Waals surface area (Å²) in [6.07, 6.45) is 2.95. The van der Waals surface area contributed by atoms with E-state index in [-0.39, 0.29) is 11.8 Å². The molecule has 5 heteroatoms. The van der Waals surface area contributed by atoms with Crippen molar-refractivity contribution in [3.05, 3.63) is 34.6 Å². The summed E-state index contributed by atoms with van der Waals surface area (Å²) in [6.45, 7) is 0. The minimum Gasteiger partial charge on any atom is -0.508 e. The lowest BCUT2D eigenvalue weighted by molar-refractivity contribution is 0.469. The second-order valence-electron chi connectivity index (χ2n) is 4.53. The van der Waals surface area contributed by atoms with Crippen LogP contribution in [0.2, 0.25) is 0 Å². The number of aryl methyl sites for hydroxylation is 1. The maximum Gasteiger partial charge on any atom is 0.127 e. The van der Waals surface area contributed by atoms with Gasteiger partial charge in [-0.1, -0.05) is 0 Å². The van der Waals surface area contributed by atoms with Crippen molar-refractivity contribution in [2.75, 3.05) is 0 Å². The Morgan fingerprint density at radius 3 is 2.94 bits per heavy atom. The first-order chi connectivity index (χ1) is 8.63. The fraction of sp³-hybridized carbons (Fsp3) is 0.308. The normalized spacial score (nSPS) is 18.7. The van der Waals surface area contributed by atoms with Crippen molar-refractivity contribution in [1.82, 2.24) is 4.98 Å². The van der Waals surface area contributed by atoms with Gasteiger partial charge in [-0.2, -0.15) is 0 Å². The SMILES string of the molecule is NC1CCCc2nc(-c3cc(O)cc(F)c3)sc21. The highest BCUT2D eigenvalue weighted by Gasteiger charge is 2.22. The molecule has 3 nitrogen and oxygen atoms in total. The molecule has 1 atom stereocenters. The van der Waals surface area contributed by atoms with E-state index >= 15 is 0 Å². The lowest BCUT2D eigenvalue weighted by Crippen LogP contribution is -2.15. The quantitative estimate of drug-likeness (QED) is 0.832. The lowest BCUT2D eigenvalue weighted by atomic mass is 9.99. The van der Waals surface area contributed by atoms with Crippen LogP contribution in [0.15, 0.2) is 18.2 Å². The van der Waals surface area contributed by atoms with Gasteiger partial charge in [0, 0.05) is 22.5 Å². The third-order valence-corrected chi connectivity index (χ3v) is 4.40. The zero-order chi connectivity index (χ0) is 12.7. The van der Waals surface area contributed by atoms with Crippen molar-refractivity contribution < 1.29 is 9.50 Å². The lowest BCUT2D eigenvalue weighted by Gasteiger charge is -2.15. The molecule has 1 aliphatic rings. The average molecular weight is 264 g/mol. The van der Waals surface area contributed by atoms with Crippen LogP contribution in [0.5, 0.6) is 5.75 Å². The second-order valence-corrected chi connectivity index (χ2v) is 5.56. The van der Waals surface area contributed by atoms with Crippen molar-refractivity contribution in [3.8, 4) is 16.3 Å². The smallest absolute Gasteiger partial charge is 0.127 e. The summed E-state index contributed by atoms with van der Waals surface area (Å²) in [4.78, 5) is 5.61. The molecule has 0 saturated heterocycles. The fourth-order valence-corrected chi connectivity index (χ4v) is 3.41. The molecule has 1 unspecified atom stereocenters. The molecule has 1 aromatic heterocycles. The second kappa shape index (κ2) is 4.33. The van der Waals surface area contributed by atoms with E-state index in [1.165, 1.54) is 23.5 Å². The summed E-state index contributed by atoms with van der Waals surface area (Å²) < 4.78 is 13.3. The molecule has 1 aromatic carbocycles. The van der Waals surface area contributed by atoms with Gasteiger partial charge in [-0.15, -0.1) is 11.3 Å². The first-order valence-corrected chi connectivity index (χ1v) is 6.70. The van der Waals surface area contributed by atoms with Gasteiger partial charge in [-0.3, -0.25) is 0 Å². The van der Waals surface area contributed by atoms with E-state index < -0.39 is 5.82 Å². The van der Waals surface area contributed by atoms with Crippen LogP contribution < -0.4 is 5.73 Å². The number of nitrogens with zero attached hydrogens (tertiary/aromatic N) is 1. The predicted octanol–water partition coefficient (Wildman–Crippen LogP) is 2.99. The molecule has 18 heavy (non-hydrogen) atoms. The Morgan fingerprint density at radius 2 is 2.22 bits per heavy atom. The van der Waals surface area contributed by atoms with Crippen LogP contribution >= 0.6 is 11.3 Å². The molecule has 1 heterocycles. The van der Waals surface area contributed by atoms with Crippen molar-refractivity contribution >= 4 is 11.3 Å². The number of phenolic OH excluding ortho intramolecular Hbond substituents is 1. The largest absolute Gasteiger partial charge is 0.508 e. The van der Waals surface area contributed by atoms with Gasteiger partial charge in [0.15, 0.2) is 0 Å². The van der Waals surface area contributed by atoms with Gasteiger partial charge in [0.2, 0.25) is 0 Å². The molecular weight excluding hydrogens is 251 g/mol. The number of hydrogen-bond acceptors (Lipinski definition) is 4. The zero-order valence-corrected chi connectivity index (χ0v) is 10.5. The van der Waals surface area contributed by atoms with E-state index in [1.807, 2.05) is 0 Å². The van der Waals surface area contributed by atoms with Gasteiger partial charge in [-0.25, -0.2) is 9.37 Å². The molecule has 0 amide bonds. The molecule has 3 rings (SSSR count). The summed E-state index contributed by atoms with van der Waals surface area (Å²) in [5.74, 6) is -0.537. The van der Waals surface area contributed by atoms with E-state index in [1.54, 1.807) is 0 Å². The van der Waals surface area contributed by atoms with Crippen molar-refractivity contribution in [1.29, 1.82) is 0 Å². The minimum absolute atomic E-state index is 0.0437. The van der Waals surface area contributed by atoms with Gasteiger partial charge in [0.1, 0.15) is 16.6 Å². The molecule has 0 aliphatic heterocycles. The Labute approximate surface area is 108 Å². The summed E-state index contributed by atoms with van der Waals surface area (Å²) in [7, 11) is 0. The van der Waals surface area contributed by atoms with Crippen molar-refractivity contribution in [3.63, 3.8) is 0 Å². The molecule has 3 N–H and O–H groups in total. The zero-order valence-electron chi connectivity index (χ0n) is 9.69. The van der Waals surface area contributed by atoms with E-state index in [4.69, 9.17) is 5.73 Å². The fourth-order valence-electron chi connectivity index (χ4n) is 2.27. The Balaban J connectivity index is 2.07. The van der Waals surface area contributed by atoms with E-state index in [9.17, 15) is 9.50 Å². The summed E-state index contributed by atoms with van der Waals surface area (Å²) in [5.41, 5.74) is 7.68. The van der Waals surface area contributed by atoms with Crippen LogP contribution in [0.1, 0.15) is 29.5 Å². The average Bonchev–Trinajstić information content (AvgIpc) is 2.73. The van der Waals surface area contributed by atoms with Gasteiger partial charge < -0.3 is 10.8 Å². The number of hydrogen-bond donors (Lipinski definition) is 2. The standard InChI is InChI=1S/C13H13FN2OS/c14-8-4-7(5-9(17)6-8)13-16-11-3-1-2-10(15)12(11)18-13/h4-6,10,17H,1-3,15H2. The summed E-state index contributed by atoms with van der Waals surface area (Å²) >= 11 is 1.50. The van der Waals surface area contributed by atoms with E-state index in [0.717, 1.165) is 40.9 Å². The number of benzene rings is 1. The van der Waals surface area contributed by atoms with Crippen LogP contribution in [0, 0.1) is 5.82 Å². The molecule has 1 aliphatic carbocycles. The topological polar surface area (TPSA) is 59.1 Å². The van der Waals surface area contributed by atoms with Gasteiger partial charge in [-0.05, 0) is 31.4 Å². The van der Waals surface area contributed by atoms with E-state index in [2.05, 4.69) is 4.98 Å². The number of aromatic nitrogens is 1. The molecule has 0 saturated carbocycles. The first kappa shape index (κ1) is 11.6. The van der Waals surface area contributed by atoms with Gasteiger partial charge in [0.25, 0.3) is 0 Å². The van der Waals surface area contributed by atoms with Crippen LogP contribution in [-0.4, -0.2) is 10.1 Å². The van der Waals surface area contributed by atoms with E-state index in [0.29, 0.717) is 5.56 Å². The van der Waals surface area contributed by atoms with Gasteiger partial charge >= 0.3 is 0 Å². The molecule has 94 valence electrons. The van der Waals surface area contributed by atoms with Crippen LogP contribution in [0.3, 0.4) is 0 Å². The Hall–Kier alpha value is -1.46. The maximum absolute atomic E-state index is 13.3. The highest BCUT2D eigenvalue weighted by Crippen LogP contribution is 2.37. The van der Waals surface area contributed by atoms with Crippen molar-refractivity contribution in [2.45, 2.75) is 25.3 Å². The molecule has 0 radical (unpaired) electrons. The minimum atomic E-state index is -0.456. The highest BCUT2D eigenvalue weighted by atomic mass is 32.1.